The lowest BCUT2D eigenvalue weighted by Crippen LogP contribution is -2.31. The summed E-state index contributed by atoms with van der Waals surface area (Å²) in [5.74, 6) is 0.997. The minimum atomic E-state index is -0.194. The van der Waals surface area contributed by atoms with Crippen molar-refractivity contribution >= 4 is 5.91 Å². The summed E-state index contributed by atoms with van der Waals surface area (Å²) < 4.78 is 12.9. The van der Waals surface area contributed by atoms with E-state index < -0.39 is 0 Å². The molecule has 3 heterocycles. The van der Waals surface area contributed by atoms with Gasteiger partial charge in [-0.1, -0.05) is 35.5 Å². The predicted octanol–water partition coefficient (Wildman–Crippen LogP) is 3.02. The summed E-state index contributed by atoms with van der Waals surface area (Å²) in [4.78, 5) is 19.1. The first-order chi connectivity index (χ1) is 14.2. The highest BCUT2D eigenvalue weighted by Crippen LogP contribution is 2.32. The van der Waals surface area contributed by atoms with Gasteiger partial charge in [0.1, 0.15) is 11.7 Å². The second-order valence-corrected chi connectivity index (χ2v) is 7.05. The van der Waals surface area contributed by atoms with Crippen LogP contribution >= 0.6 is 0 Å². The van der Waals surface area contributed by atoms with Gasteiger partial charge in [0, 0.05) is 25.7 Å². The molecule has 0 spiro atoms. The van der Waals surface area contributed by atoms with Crippen molar-refractivity contribution in [2.24, 2.45) is 0 Å². The van der Waals surface area contributed by atoms with Crippen molar-refractivity contribution < 1.29 is 14.1 Å². The maximum absolute atomic E-state index is 12.9. The first-order valence-corrected chi connectivity index (χ1v) is 10.0. The third-order valence-corrected chi connectivity index (χ3v) is 5.05. The van der Waals surface area contributed by atoms with E-state index in [0.29, 0.717) is 43.6 Å². The standard InChI is InChI=1S/C21H25N5O3/c1-2-25-13-10-17(23-25)21(27)26-12-6-9-18(26)20-22-19(24-29-20)11-14-28-15-16-7-4-3-5-8-16/h3-5,7-8,10,13,18H,2,6,9,11-12,14-15H2,1H3. The van der Waals surface area contributed by atoms with Crippen molar-refractivity contribution in [2.45, 2.75) is 45.4 Å². The molecule has 2 aromatic heterocycles. The molecule has 1 saturated heterocycles. The van der Waals surface area contributed by atoms with E-state index in [4.69, 9.17) is 9.26 Å². The van der Waals surface area contributed by atoms with Crippen LogP contribution in [0.15, 0.2) is 47.1 Å². The molecule has 0 aliphatic carbocycles. The third-order valence-electron chi connectivity index (χ3n) is 5.05. The van der Waals surface area contributed by atoms with Crippen LogP contribution in [0.5, 0.6) is 0 Å². The highest BCUT2D eigenvalue weighted by molar-refractivity contribution is 5.92. The average molecular weight is 395 g/mol. The zero-order valence-electron chi connectivity index (χ0n) is 16.5. The van der Waals surface area contributed by atoms with Gasteiger partial charge in [-0.25, -0.2) is 0 Å². The van der Waals surface area contributed by atoms with Gasteiger partial charge in [0.2, 0.25) is 5.89 Å². The van der Waals surface area contributed by atoms with Crippen LogP contribution in [0, 0.1) is 0 Å². The molecule has 3 aromatic rings. The fourth-order valence-electron chi connectivity index (χ4n) is 3.50. The van der Waals surface area contributed by atoms with Gasteiger partial charge in [0.25, 0.3) is 5.91 Å². The second kappa shape index (κ2) is 9.00. The minimum Gasteiger partial charge on any atom is -0.376 e. The van der Waals surface area contributed by atoms with Gasteiger partial charge in [-0.05, 0) is 31.4 Å². The highest BCUT2D eigenvalue weighted by atomic mass is 16.5. The summed E-state index contributed by atoms with van der Waals surface area (Å²) >= 11 is 0. The largest absolute Gasteiger partial charge is 0.376 e. The number of aromatic nitrogens is 4. The molecule has 0 radical (unpaired) electrons. The summed E-state index contributed by atoms with van der Waals surface area (Å²) in [7, 11) is 0. The fourth-order valence-corrected chi connectivity index (χ4v) is 3.50. The lowest BCUT2D eigenvalue weighted by Gasteiger charge is -2.20. The Morgan fingerprint density at radius 1 is 1.28 bits per heavy atom. The smallest absolute Gasteiger partial charge is 0.275 e. The number of hydrogen-bond donors (Lipinski definition) is 0. The van der Waals surface area contributed by atoms with Gasteiger partial charge in [0.05, 0.1) is 13.2 Å². The van der Waals surface area contributed by atoms with Crippen LogP contribution in [0.2, 0.25) is 0 Å². The van der Waals surface area contributed by atoms with Crippen LogP contribution in [-0.4, -0.2) is 43.9 Å². The molecule has 4 rings (SSSR count). The molecule has 1 fully saturated rings. The molecule has 1 atom stereocenters. The maximum atomic E-state index is 12.9. The Bertz CT molecular complexity index is 937. The van der Waals surface area contributed by atoms with Gasteiger partial charge in [-0.15, -0.1) is 0 Å². The second-order valence-electron chi connectivity index (χ2n) is 7.05. The van der Waals surface area contributed by atoms with Gasteiger partial charge in [-0.2, -0.15) is 10.1 Å². The van der Waals surface area contributed by atoms with Gasteiger partial charge < -0.3 is 14.2 Å². The van der Waals surface area contributed by atoms with Crippen LogP contribution in [0.3, 0.4) is 0 Å². The normalized spacial score (nSPS) is 16.4. The van der Waals surface area contributed by atoms with E-state index in [0.717, 1.165) is 24.9 Å². The van der Waals surface area contributed by atoms with Crippen molar-refractivity contribution in [3.05, 3.63) is 65.6 Å². The Hall–Kier alpha value is -3.00. The summed E-state index contributed by atoms with van der Waals surface area (Å²) in [5, 5.41) is 8.39. The zero-order valence-corrected chi connectivity index (χ0v) is 16.5. The molecule has 8 heteroatoms. The Morgan fingerprint density at radius 3 is 2.93 bits per heavy atom. The Morgan fingerprint density at radius 2 is 2.14 bits per heavy atom. The van der Waals surface area contributed by atoms with E-state index in [-0.39, 0.29) is 11.9 Å². The lowest BCUT2D eigenvalue weighted by molar-refractivity contribution is 0.0703. The Labute approximate surface area is 169 Å². The van der Waals surface area contributed by atoms with Crippen molar-refractivity contribution in [1.29, 1.82) is 0 Å². The van der Waals surface area contributed by atoms with Crippen molar-refractivity contribution in [2.75, 3.05) is 13.2 Å². The summed E-state index contributed by atoms with van der Waals surface area (Å²) in [6, 6.07) is 11.6. The molecular weight excluding hydrogens is 370 g/mol. The Kier molecular flexibility index (Phi) is 6.00. The quantitative estimate of drug-likeness (QED) is 0.545. The number of carbonyl (C=O) groups is 1. The molecule has 0 N–H and O–H groups in total. The molecular formula is C21H25N5O3. The van der Waals surface area contributed by atoms with Crippen molar-refractivity contribution in [3.63, 3.8) is 0 Å². The number of ether oxygens (including phenoxy) is 1. The summed E-state index contributed by atoms with van der Waals surface area (Å²) in [5.41, 5.74) is 1.58. The number of carbonyl (C=O) groups excluding carboxylic acids is 1. The number of aryl methyl sites for hydroxylation is 1. The molecule has 1 aromatic carbocycles. The van der Waals surface area contributed by atoms with Crippen molar-refractivity contribution in [1.82, 2.24) is 24.8 Å². The Balaban J connectivity index is 1.33. The van der Waals surface area contributed by atoms with Gasteiger partial charge in [-0.3, -0.25) is 9.48 Å². The maximum Gasteiger partial charge on any atom is 0.275 e. The molecule has 1 aliphatic heterocycles. The summed E-state index contributed by atoms with van der Waals surface area (Å²) in [6.07, 6.45) is 4.10. The average Bonchev–Trinajstić information content (AvgIpc) is 3.51. The van der Waals surface area contributed by atoms with Crippen LogP contribution in [0.1, 0.15) is 53.6 Å². The molecule has 1 unspecified atom stereocenters. The SMILES string of the molecule is CCn1ccc(C(=O)N2CCCC2c2nc(CCOCc3ccccc3)no2)n1. The minimum absolute atomic E-state index is 0.0920. The third kappa shape index (κ3) is 4.54. The molecule has 0 bridgehead atoms. The van der Waals surface area contributed by atoms with Gasteiger partial charge >= 0.3 is 0 Å². The number of likely N-dealkylation sites (tertiary alicyclic amines) is 1. The van der Waals surface area contributed by atoms with Crippen LogP contribution in [0.4, 0.5) is 0 Å². The van der Waals surface area contributed by atoms with E-state index in [2.05, 4.69) is 15.2 Å². The van der Waals surface area contributed by atoms with Crippen LogP contribution in [-0.2, 0) is 24.3 Å². The number of amides is 1. The fraction of sp³-hybridized carbons (Fsp3) is 0.429. The molecule has 152 valence electrons. The van der Waals surface area contributed by atoms with E-state index in [1.54, 1.807) is 15.6 Å². The van der Waals surface area contributed by atoms with E-state index in [1.807, 2.05) is 43.5 Å². The predicted molar refractivity (Wildman–Crippen MR) is 105 cm³/mol. The highest BCUT2D eigenvalue weighted by Gasteiger charge is 2.35. The number of nitrogens with zero attached hydrogens (tertiary/aromatic N) is 5. The van der Waals surface area contributed by atoms with E-state index in [1.165, 1.54) is 0 Å². The molecule has 0 saturated carbocycles. The number of hydrogen-bond acceptors (Lipinski definition) is 6. The van der Waals surface area contributed by atoms with E-state index in [9.17, 15) is 4.79 Å². The lowest BCUT2D eigenvalue weighted by atomic mass is 10.2. The zero-order chi connectivity index (χ0) is 20.1. The monoisotopic (exact) mass is 395 g/mol. The van der Waals surface area contributed by atoms with Gasteiger partial charge in [0.15, 0.2) is 5.82 Å². The molecule has 1 amide bonds. The van der Waals surface area contributed by atoms with Crippen molar-refractivity contribution in [3.8, 4) is 0 Å². The first kappa shape index (κ1) is 19.3. The number of rotatable bonds is 8. The van der Waals surface area contributed by atoms with Crippen LogP contribution in [0.25, 0.3) is 0 Å². The summed E-state index contributed by atoms with van der Waals surface area (Å²) in [6.45, 7) is 4.45. The first-order valence-electron chi connectivity index (χ1n) is 10.0. The topological polar surface area (TPSA) is 86.3 Å². The molecule has 29 heavy (non-hydrogen) atoms. The number of benzene rings is 1. The van der Waals surface area contributed by atoms with Crippen LogP contribution < -0.4 is 0 Å². The van der Waals surface area contributed by atoms with E-state index >= 15 is 0 Å². The molecule has 8 nitrogen and oxygen atoms in total. The molecule has 1 aliphatic rings.